The van der Waals surface area contributed by atoms with Crippen LogP contribution in [0.15, 0.2) is 41.5 Å². The minimum atomic E-state index is 0.855. The van der Waals surface area contributed by atoms with E-state index < -0.39 is 0 Å². The Bertz CT molecular complexity index is 389. The van der Waals surface area contributed by atoms with Gasteiger partial charge < -0.3 is 14.3 Å². The largest absolute Gasteiger partial charge is 0.472 e. The Morgan fingerprint density at radius 2 is 2.13 bits per heavy atom. The highest BCUT2D eigenvalue weighted by atomic mass is 16.3. The summed E-state index contributed by atoms with van der Waals surface area (Å²) in [6, 6.07) is 4.12. The predicted octanol–water partition coefficient (Wildman–Crippen LogP) is 2.39. The summed E-state index contributed by atoms with van der Waals surface area (Å²) in [7, 11) is 0. The van der Waals surface area contributed by atoms with Crippen LogP contribution in [0.2, 0.25) is 0 Å². The van der Waals surface area contributed by atoms with Gasteiger partial charge in [0.15, 0.2) is 0 Å². The molecule has 0 unspecified atom stereocenters. The molecule has 0 aromatic carbocycles. The Morgan fingerprint density at radius 1 is 1.27 bits per heavy atom. The molecule has 2 heterocycles. The summed E-state index contributed by atoms with van der Waals surface area (Å²) in [6.07, 6.45) is 7.74. The van der Waals surface area contributed by atoms with Crippen molar-refractivity contribution >= 4 is 0 Å². The van der Waals surface area contributed by atoms with Crippen molar-refractivity contribution in [3.05, 3.63) is 48.2 Å². The van der Waals surface area contributed by atoms with Gasteiger partial charge in [0.1, 0.15) is 0 Å². The standard InChI is InChI=1S/C12H16N2O/c1-2-14-5-3-11(9-14)7-13-8-12-4-6-15-10-12/h3-6,9-10,13H,2,7-8H2,1H3. The maximum Gasteiger partial charge on any atom is 0.0947 e. The first-order valence-electron chi connectivity index (χ1n) is 5.25. The number of rotatable bonds is 5. The quantitative estimate of drug-likeness (QED) is 0.810. The third-order valence-corrected chi connectivity index (χ3v) is 2.42. The first kappa shape index (κ1) is 10.1. The van der Waals surface area contributed by atoms with Crippen molar-refractivity contribution < 1.29 is 4.42 Å². The third-order valence-electron chi connectivity index (χ3n) is 2.42. The monoisotopic (exact) mass is 204 g/mol. The fourth-order valence-electron chi connectivity index (χ4n) is 1.54. The van der Waals surface area contributed by atoms with E-state index in [1.165, 1.54) is 11.1 Å². The average Bonchev–Trinajstić information content (AvgIpc) is 2.88. The molecule has 0 saturated carbocycles. The molecule has 1 N–H and O–H groups in total. The van der Waals surface area contributed by atoms with Crippen molar-refractivity contribution in [2.24, 2.45) is 0 Å². The number of hydrogen-bond donors (Lipinski definition) is 1. The average molecular weight is 204 g/mol. The molecule has 2 rings (SSSR count). The van der Waals surface area contributed by atoms with Crippen LogP contribution in [0.5, 0.6) is 0 Å². The van der Waals surface area contributed by atoms with Crippen LogP contribution in [-0.4, -0.2) is 4.57 Å². The molecular formula is C12H16N2O. The number of nitrogens with zero attached hydrogens (tertiary/aromatic N) is 1. The van der Waals surface area contributed by atoms with E-state index in [-0.39, 0.29) is 0 Å². The molecule has 0 aliphatic carbocycles. The zero-order valence-electron chi connectivity index (χ0n) is 8.94. The van der Waals surface area contributed by atoms with Crippen LogP contribution in [0.1, 0.15) is 18.1 Å². The van der Waals surface area contributed by atoms with E-state index in [4.69, 9.17) is 4.42 Å². The predicted molar refractivity (Wildman–Crippen MR) is 59.4 cm³/mol. The van der Waals surface area contributed by atoms with E-state index in [1.54, 1.807) is 12.5 Å². The topological polar surface area (TPSA) is 30.1 Å². The van der Waals surface area contributed by atoms with Gasteiger partial charge in [-0.1, -0.05) is 0 Å². The Labute approximate surface area is 89.7 Å². The molecule has 3 heteroatoms. The molecule has 0 amide bonds. The number of aryl methyl sites for hydroxylation is 1. The molecule has 3 nitrogen and oxygen atoms in total. The summed E-state index contributed by atoms with van der Waals surface area (Å²) in [4.78, 5) is 0. The molecule has 0 saturated heterocycles. The zero-order chi connectivity index (χ0) is 10.5. The fourth-order valence-corrected chi connectivity index (χ4v) is 1.54. The molecule has 0 radical (unpaired) electrons. The molecule has 0 atom stereocenters. The molecule has 15 heavy (non-hydrogen) atoms. The summed E-state index contributed by atoms with van der Waals surface area (Å²) in [5, 5.41) is 3.37. The lowest BCUT2D eigenvalue weighted by Crippen LogP contribution is -2.11. The highest BCUT2D eigenvalue weighted by Gasteiger charge is 1.96. The van der Waals surface area contributed by atoms with Crippen molar-refractivity contribution in [2.45, 2.75) is 26.6 Å². The Morgan fingerprint density at radius 3 is 2.80 bits per heavy atom. The van der Waals surface area contributed by atoms with Crippen LogP contribution in [0.4, 0.5) is 0 Å². The highest BCUT2D eigenvalue weighted by molar-refractivity contribution is 5.10. The number of hydrogen-bond acceptors (Lipinski definition) is 2. The van der Waals surface area contributed by atoms with E-state index in [2.05, 4.69) is 35.3 Å². The van der Waals surface area contributed by atoms with Crippen LogP contribution >= 0.6 is 0 Å². The van der Waals surface area contributed by atoms with Crippen LogP contribution < -0.4 is 5.32 Å². The first-order chi connectivity index (χ1) is 7.38. The summed E-state index contributed by atoms with van der Waals surface area (Å²) in [6.45, 7) is 4.93. The van der Waals surface area contributed by atoms with Crippen LogP contribution in [0.3, 0.4) is 0 Å². The van der Waals surface area contributed by atoms with E-state index in [0.29, 0.717) is 0 Å². The van der Waals surface area contributed by atoms with E-state index in [0.717, 1.165) is 19.6 Å². The lowest BCUT2D eigenvalue weighted by atomic mass is 10.3. The van der Waals surface area contributed by atoms with Gasteiger partial charge in [0, 0.05) is 37.6 Å². The van der Waals surface area contributed by atoms with E-state index in [1.807, 2.05) is 6.07 Å². The summed E-state index contributed by atoms with van der Waals surface area (Å²) in [5.74, 6) is 0. The Hall–Kier alpha value is -1.48. The first-order valence-corrected chi connectivity index (χ1v) is 5.25. The van der Waals surface area contributed by atoms with Gasteiger partial charge in [-0.05, 0) is 24.6 Å². The molecule has 0 spiro atoms. The van der Waals surface area contributed by atoms with E-state index >= 15 is 0 Å². The van der Waals surface area contributed by atoms with E-state index in [9.17, 15) is 0 Å². The van der Waals surface area contributed by atoms with Gasteiger partial charge in [-0.3, -0.25) is 0 Å². The van der Waals surface area contributed by atoms with Gasteiger partial charge in [0.05, 0.1) is 12.5 Å². The van der Waals surface area contributed by atoms with Crippen LogP contribution in [-0.2, 0) is 19.6 Å². The van der Waals surface area contributed by atoms with Gasteiger partial charge in [-0.25, -0.2) is 0 Å². The molecular weight excluding hydrogens is 188 g/mol. The van der Waals surface area contributed by atoms with Crippen molar-refractivity contribution in [1.82, 2.24) is 9.88 Å². The Balaban J connectivity index is 1.78. The SMILES string of the molecule is CCn1ccc(CNCc2ccoc2)c1. The minimum Gasteiger partial charge on any atom is -0.472 e. The lowest BCUT2D eigenvalue weighted by molar-refractivity contribution is 0.560. The second-order valence-corrected chi connectivity index (χ2v) is 3.59. The van der Waals surface area contributed by atoms with Crippen molar-refractivity contribution in [1.29, 1.82) is 0 Å². The second-order valence-electron chi connectivity index (χ2n) is 3.59. The van der Waals surface area contributed by atoms with Crippen LogP contribution in [0.25, 0.3) is 0 Å². The van der Waals surface area contributed by atoms with Gasteiger partial charge in [-0.15, -0.1) is 0 Å². The molecule has 2 aromatic heterocycles. The van der Waals surface area contributed by atoms with Crippen molar-refractivity contribution in [3.63, 3.8) is 0 Å². The minimum absolute atomic E-state index is 0.855. The maximum atomic E-state index is 4.99. The van der Waals surface area contributed by atoms with Crippen molar-refractivity contribution in [3.8, 4) is 0 Å². The maximum absolute atomic E-state index is 4.99. The Kier molecular flexibility index (Phi) is 3.25. The second kappa shape index (κ2) is 4.84. The fraction of sp³-hybridized carbons (Fsp3) is 0.333. The number of aromatic nitrogens is 1. The zero-order valence-corrected chi connectivity index (χ0v) is 8.94. The molecule has 0 fully saturated rings. The summed E-state index contributed by atoms with van der Waals surface area (Å²) in [5.41, 5.74) is 2.50. The van der Waals surface area contributed by atoms with Crippen LogP contribution in [0, 0.1) is 0 Å². The highest BCUT2D eigenvalue weighted by Crippen LogP contribution is 2.03. The smallest absolute Gasteiger partial charge is 0.0947 e. The number of nitrogens with one attached hydrogen (secondary N) is 1. The van der Waals surface area contributed by atoms with Gasteiger partial charge in [0.2, 0.25) is 0 Å². The molecule has 0 aliphatic heterocycles. The molecule has 0 bridgehead atoms. The normalized spacial score (nSPS) is 10.7. The molecule has 2 aromatic rings. The molecule has 0 aliphatic rings. The third kappa shape index (κ3) is 2.73. The van der Waals surface area contributed by atoms with Crippen molar-refractivity contribution in [2.75, 3.05) is 0 Å². The number of furan rings is 1. The van der Waals surface area contributed by atoms with Gasteiger partial charge in [-0.2, -0.15) is 0 Å². The molecule has 80 valence electrons. The summed E-state index contributed by atoms with van der Waals surface area (Å²) >= 11 is 0. The summed E-state index contributed by atoms with van der Waals surface area (Å²) < 4.78 is 7.17. The van der Waals surface area contributed by atoms with Gasteiger partial charge >= 0.3 is 0 Å². The lowest BCUT2D eigenvalue weighted by Gasteiger charge is -2.00. The van der Waals surface area contributed by atoms with Gasteiger partial charge in [0.25, 0.3) is 0 Å².